The third kappa shape index (κ3) is 2.29. The summed E-state index contributed by atoms with van der Waals surface area (Å²) in [6, 6.07) is 4.96. The van der Waals surface area contributed by atoms with E-state index >= 15 is 0 Å². The van der Waals surface area contributed by atoms with Crippen molar-refractivity contribution in [2.75, 3.05) is 0 Å². The maximum Gasteiger partial charge on any atom is 0.307 e. The molecule has 0 aliphatic rings. The van der Waals surface area contributed by atoms with Gasteiger partial charge < -0.3 is 5.11 Å². The zero-order chi connectivity index (χ0) is 12.6. The van der Waals surface area contributed by atoms with Crippen LogP contribution < -0.4 is 0 Å². The van der Waals surface area contributed by atoms with Gasteiger partial charge in [0.05, 0.1) is 10.9 Å². The van der Waals surface area contributed by atoms with Gasteiger partial charge in [-0.1, -0.05) is 6.07 Å². The van der Waals surface area contributed by atoms with Gasteiger partial charge in [-0.3, -0.25) is 4.79 Å². The van der Waals surface area contributed by atoms with Gasteiger partial charge >= 0.3 is 5.97 Å². The summed E-state index contributed by atoms with van der Waals surface area (Å²) in [6.45, 7) is 1.68. The molecule has 0 aliphatic heterocycles. The summed E-state index contributed by atoms with van der Waals surface area (Å²) in [4.78, 5) is 14.8. The fourth-order valence-electron chi connectivity index (χ4n) is 1.66. The van der Waals surface area contributed by atoms with Gasteiger partial charge in [-0.25, -0.2) is 9.37 Å². The van der Waals surface area contributed by atoms with E-state index in [-0.39, 0.29) is 11.9 Å². The largest absolute Gasteiger partial charge is 0.481 e. The molecule has 2 aromatic rings. The molecule has 2 rings (SSSR count). The minimum atomic E-state index is -0.924. The van der Waals surface area contributed by atoms with Gasteiger partial charge in [-0.15, -0.1) is 0 Å². The Kier molecular flexibility index (Phi) is 3.11. The van der Waals surface area contributed by atoms with E-state index in [9.17, 15) is 9.18 Å². The van der Waals surface area contributed by atoms with Crippen LogP contribution in [0.25, 0.3) is 10.9 Å². The van der Waals surface area contributed by atoms with Gasteiger partial charge in [0.15, 0.2) is 5.82 Å². The highest BCUT2D eigenvalue weighted by atomic mass is 79.9. The first-order valence-electron chi connectivity index (χ1n) is 4.95. The summed E-state index contributed by atoms with van der Waals surface area (Å²) in [6.07, 6.45) is -0.105. The highest BCUT2D eigenvalue weighted by molar-refractivity contribution is 9.10. The lowest BCUT2D eigenvalue weighted by molar-refractivity contribution is -0.136. The van der Waals surface area contributed by atoms with Crippen LogP contribution in [0.3, 0.4) is 0 Å². The molecule has 0 unspecified atom stereocenters. The Balaban J connectivity index is 2.66. The van der Waals surface area contributed by atoms with Gasteiger partial charge in [-0.05, 0) is 40.5 Å². The average Bonchev–Trinajstić information content (AvgIpc) is 2.25. The Morgan fingerprint density at radius 2 is 2.24 bits per heavy atom. The van der Waals surface area contributed by atoms with Gasteiger partial charge in [0.1, 0.15) is 5.52 Å². The number of halogens is 2. The summed E-state index contributed by atoms with van der Waals surface area (Å²) in [5.41, 5.74) is 1.40. The Hall–Kier alpha value is -1.49. The molecule has 5 heteroatoms. The van der Waals surface area contributed by atoms with Crippen molar-refractivity contribution in [1.82, 2.24) is 4.98 Å². The van der Waals surface area contributed by atoms with Crippen LogP contribution in [-0.2, 0) is 11.2 Å². The van der Waals surface area contributed by atoms with E-state index in [1.165, 1.54) is 0 Å². The fourth-order valence-corrected chi connectivity index (χ4v) is 1.98. The number of pyridine rings is 1. The molecular formula is C12H9BrFNO2. The standard InChI is InChI=1S/C12H9BrFNO2/c1-6-8(5-10(16)17)4-7-2-3-9(13)11(14)12(7)15-6/h2-4H,5H2,1H3,(H,16,17). The topological polar surface area (TPSA) is 50.2 Å². The van der Waals surface area contributed by atoms with Crippen LogP contribution in [0.2, 0.25) is 0 Å². The number of hydrogen-bond acceptors (Lipinski definition) is 2. The molecule has 17 heavy (non-hydrogen) atoms. The number of fused-ring (bicyclic) bond motifs is 1. The highest BCUT2D eigenvalue weighted by Gasteiger charge is 2.11. The highest BCUT2D eigenvalue weighted by Crippen LogP contribution is 2.25. The van der Waals surface area contributed by atoms with Crippen LogP contribution in [0.1, 0.15) is 11.3 Å². The van der Waals surface area contributed by atoms with Crippen LogP contribution >= 0.6 is 15.9 Å². The molecule has 3 nitrogen and oxygen atoms in total. The number of aryl methyl sites for hydroxylation is 1. The van der Waals surface area contributed by atoms with Crippen molar-refractivity contribution in [2.45, 2.75) is 13.3 Å². The number of benzene rings is 1. The first-order chi connectivity index (χ1) is 7.99. The lowest BCUT2D eigenvalue weighted by Gasteiger charge is -2.06. The van der Waals surface area contributed by atoms with E-state index in [0.29, 0.717) is 21.1 Å². The molecule has 0 amide bonds. The van der Waals surface area contributed by atoms with E-state index in [1.807, 2.05) is 0 Å². The number of nitrogens with zero attached hydrogens (tertiary/aromatic N) is 1. The fraction of sp³-hybridized carbons (Fsp3) is 0.167. The van der Waals surface area contributed by atoms with Gasteiger partial charge in [0.2, 0.25) is 0 Å². The number of carbonyl (C=O) groups is 1. The van der Waals surface area contributed by atoms with Crippen LogP contribution in [0.15, 0.2) is 22.7 Å². The quantitative estimate of drug-likeness (QED) is 0.927. The van der Waals surface area contributed by atoms with E-state index in [0.717, 1.165) is 0 Å². The molecule has 1 aromatic heterocycles. The first kappa shape index (κ1) is 12.0. The van der Waals surface area contributed by atoms with Gasteiger partial charge in [0.25, 0.3) is 0 Å². The molecule has 0 bridgehead atoms. The van der Waals surface area contributed by atoms with Crippen LogP contribution in [0.4, 0.5) is 4.39 Å². The van der Waals surface area contributed by atoms with Crippen molar-refractivity contribution in [3.8, 4) is 0 Å². The summed E-state index contributed by atoms with van der Waals surface area (Å²) >= 11 is 3.09. The third-order valence-electron chi connectivity index (χ3n) is 2.52. The van der Waals surface area contributed by atoms with Crippen LogP contribution in [0.5, 0.6) is 0 Å². The second kappa shape index (κ2) is 4.41. The third-order valence-corrected chi connectivity index (χ3v) is 3.13. The monoisotopic (exact) mass is 297 g/mol. The molecular weight excluding hydrogens is 289 g/mol. The maximum absolute atomic E-state index is 13.7. The average molecular weight is 298 g/mol. The van der Waals surface area contributed by atoms with E-state index in [4.69, 9.17) is 5.11 Å². The smallest absolute Gasteiger partial charge is 0.307 e. The lowest BCUT2D eigenvalue weighted by Crippen LogP contribution is -2.04. The normalized spacial score (nSPS) is 10.8. The Labute approximate surface area is 105 Å². The molecule has 0 aliphatic carbocycles. The number of rotatable bonds is 2. The summed E-state index contributed by atoms with van der Waals surface area (Å²) in [5, 5.41) is 9.36. The second-order valence-corrected chi connectivity index (χ2v) is 4.59. The Morgan fingerprint density at radius 1 is 1.53 bits per heavy atom. The maximum atomic E-state index is 13.7. The summed E-state index contributed by atoms with van der Waals surface area (Å²) in [7, 11) is 0. The van der Waals surface area contributed by atoms with E-state index in [1.54, 1.807) is 25.1 Å². The molecule has 88 valence electrons. The van der Waals surface area contributed by atoms with E-state index < -0.39 is 11.8 Å². The predicted octanol–water partition coefficient (Wildman–Crippen LogP) is 3.07. The molecule has 1 aromatic carbocycles. The molecule has 0 saturated carbocycles. The molecule has 0 atom stereocenters. The summed E-state index contributed by atoms with van der Waals surface area (Å²) in [5.74, 6) is -1.35. The molecule has 0 spiro atoms. The molecule has 0 saturated heterocycles. The van der Waals surface area contributed by atoms with Gasteiger partial charge in [0, 0.05) is 11.1 Å². The number of carboxylic acid groups (broad SMARTS) is 1. The Morgan fingerprint density at radius 3 is 2.88 bits per heavy atom. The van der Waals surface area contributed by atoms with Crippen molar-refractivity contribution < 1.29 is 14.3 Å². The zero-order valence-corrected chi connectivity index (χ0v) is 10.6. The van der Waals surface area contributed by atoms with Crippen molar-refractivity contribution >= 4 is 32.8 Å². The molecule has 1 heterocycles. The molecule has 1 N–H and O–H groups in total. The van der Waals surface area contributed by atoms with Crippen molar-refractivity contribution in [3.05, 3.63) is 39.7 Å². The number of aromatic nitrogens is 1. The molecule has 0 radical (unpaired) electrons. The van der Waals surface area contributed by atoms with Crippen molar-refractivity contribution in [1.29, 1.82) is 0 Å². The number of carboxylic acids is 1. The minimum absolute atomic E-state index is 0.105. The number of aliphatic carboxylic acids is 1. The van der Waals surface area contributed by atoms with E-state index in [2.05, 4.69) is 20.9 Å². The first-order valence-corrected chi connectivity index (χ1v) is 5.74. The molecule has 0 fully saturated rings. The van der Waals surface area contributed by atoms with Crippen molar-refractivity contribution in [3.63, 3.8) is 0 Å². The SMILES string of the molecule is Cc1nc2c(F)c(Br)ccc2cc1CC(=O)O. The minimum Gasteiger partial charge on any atom is -0.481 e. The Bertz CT molecular complexity index is 613. The number of hydrogen-bond donors (Lipinski definition) is 1. The second-order valence-electron chi connectivity index (χ2n) is 3.74. The predicted molar refractivity (Wildman–Crippen MR) is 65.5 cm³/mol. The lowest BCUT2D eigenvalue weighted by atomic mass is 10.1. The van der Waals surface area contributed by atoms with Gasteiger partial charge in [-0.2, -0.15) is 0 Å². The zero-order valence-electron chi connectivity index (χ0n) is 9.00. The van der Waals surface area contributed by atoms with Crippen molar-refractivity contribution in [2.24, 2.45) is 0 Å². The van der Waals surface area contributed by atoms with Crippen LogP contribution in [0, 0.1) is 12.7 Å². The summed E-state index contributed by atoms with van der Waals surface area (Å²) < 4.78 is 14.1. The van der Waals surface area contributed by atoms with Crippen LogP contribution in [-0.4, -0.2) is 16.1 Å².